The van der Waals surface area contributed by atoms with E-state index in [1.807, 2.05) is 51.1 Å². The van der Waals surface area contributed by atoms with Gasteiger partial charge in [-0.15, -0.1) is 0 Å². The molecule has 1 aromatic heterocycles. The third kappa shape index (κ3) is 3.91. The highest BCUT2D eigenvalue weighted by Crippen LogP contribution is 2.22. The van der Waals surface area contributed by atoms with Crippen molar-refractivity contribution in [3.8, 4) is 0 Å². The number of carbonyl (C=O) groups excluding carboxylic acids is 1. The smallest absolute Gasteiger partial charge is 0.229 e. The number of aryl methyl sites for hydroxylation is 3. The molecule has 1 fully saturated rings. The van der Waals surface area contributed by atoms with Gasteiger partial charge in [0.2, 0.25) is 11.9 Å². The molecule has 1 atom stereocenters. The fourth-order valence-electron chi connectivity index (χ4n) is 3.19. The maximum atomic E-state index is 12.6. The van der Waals surface area contributed by atoms with Gasteiger partial charge in [-0.05, 0) is 57.4 Å². The largest absolute Gasteiger partial charge is 0.340 e. The van der Waals surface area contributed by atoms with E-state index >= 15 is 0 Å². The van der Waals surface area contributed by atoms with E-state index in [9.17, 15) is 4.79 Å². The SMILES string of the molecule is Cc1cccc(NC(=O)[C@@H]2CCCN(c3nc(C)cc(C)n3)C2)c1. The van der Waals surface area contributed by atoms with Crippen LogP contribution in [-0.2, 0) is 4.79 Å². The van der Waals surface area contributed by atoms with Crippen LogP contribution < -0.4 is 10.2 Å². The van der Waals surface area contributed by atoms with Crippen LogP contribution >= 0.6 is 0 Å². The molecule has 0 bridgehead atoms. The Morgan fingerprint density at radius 2 is 1.92 bits per heavy atom. The summed E-state index contributed by atoms with van der Waals surface area (Å²) in [5, 5.41) is 3.04. The summed E-state index contributed by atoms with van der Waals surface area (Å²) in [7, 11) is 0. The van der Waals surface area contributed by atoms with Crippen LogP contribution in [0.1, 0.15) is 29.8 Å². The first-order valence-corrected chi connectivity index (χ1v) is 8.46. The number of rotatable bonds is 3. The minimum absolute atomic E-state index is 0.0383. The van der Waals surface area contributed by atoms with Crippen molar-refractivity contribution in [2.75, 3.05) is 23.3 Å². The fraction of sp³-hybridized carbons (Fsp3) is 0.421. The van der Waals surface area contributed by atoms with Gasteiger partial charge in [-0.1, -0.05) is 12.1 Å². The monoisotopic (exact) mass is 324 g/mol. The number of carbonyl (C=O) groups is 1. The first-order valence-electron chi connectivity index (χ1n) is 8.46. The normalized spacial score (nSPS) is 17.6. The van der Waals surface area contributed by atoms with Crippen LogP contribution in [0.15, 0.2) is 30.3 Å². The van der Waals surface area contributed by atoms with Gasteiger partial charge in [-0.3, -0.25) is 4.79 Å². The Balaban J connectivity index is 1.69. The predicted molar refractivity (Wildman–Crippen MR) is 96.3 cm³/mol. The van der Waals surface area contributed by atoms with Crippen molar-refractivity contribution < 1.29 is 4.79 Å². The number of anilines is 2. The summed E-state index contributed by atoms with van der Waals surface area (Å²) in [6.45, 7) is 7.54. The molecule has 1 saturated heterocycles. The molecule has 1 aromatic carbocycles. The Hall–Kier alpha value is -2.43. The van der Waals surface area contributed by atoms with E-state index in [1.54, 1.807) is 0 Å². The molecule has 0 radical (unpaired) electrons. The Bertz CT molecular complexity index is 724. The first-order chi connectivity index (χ1) is 11.5. The Labute approximate surface area is 143 Å². The third-order valence-corrected chi connectivity index (χ3v) is 4.33. The number of amides is 1. The van der Waals surface area contributed by atoms with Crippen LogP contribution in [0.2, 0.25) is 0 Å². The molecule has 1 aliphatic rings. The molecule has 2 heterocycles. The van der Waals surface area contributed by atoms with Gasteiger partial charge in [-0.25, -0.2) is 9.97 Å². The average molecular weight is 324 g/mol. The number of aromatic nitrogens is 2. The van der Waals surface area contributed by atoms with Crippen molar-refractivity contribution in [3.05, 3.63) is 47.3 Å². The molecule has 0 unspecified atom stereocenters. The van der Waals surface area contributed by atoms with Crippen LogP contribution in [0, 0.1) is 26.7 Å². The molecular formula is C19H24N4O. The van der Waals surface area contributed by atoms with Crippen LogP contribution in [0.5, 0.6) is 0 Å². The number of nitrogens with one attached hydrogen (secondary N) is 1. The molecule has 1 N–H and O–H groups in total. The lowest BCUT2D eigenvalue weighted by Gasteiger charge is -2.32. The van der Waals surface area contributed by atoms with E-state index in [1.165, 1.54) is 0 Å². The minimum Gasteiger partial charge on any atom is -0.340 e. The molecule has 5 nitrogen and oxygen atoms in total. The number of hydrogen-bond acceptors (Lipinski definition) is 4. The molecule has 0 aliphatic carbocycles. The zero-order chi connectivity index (χ0) is 17.1. The van der Waals surface area contributed by atoms with E-state index < -0.39 is 0 Å². The number of benzene rings is 1. The molecule has 0 spiro atoms. The molecule has 3 rings (SSSR count). The van der Waals surface area contributed by atoms with Crippen LogP contribution in [0.25, 0.3) is 0 Å². The average Bonchev–Trinajstić information content (AvgIpc) is 2.54. The van der Waals surface area contributed by atoms with Gasteiger partial charge in [0.1, 0.15) is 0 Å². The van der Waals surface area contributed by atoms with Gasteiger partial charge in [0.15, 0.2) is 0 Å². The quantitative estimate of drug-likeness (QED) is 0.941. The minimum atomic E-state index is -0.0383. The highest BCUT2D eigenvalue weighted by atomic mass is 16.1. The molecule has 2 aromatic rings. The molecule has 126 valence electrons. The van der Waals surface area contributed by atoms with E-state index in [-0.39, 0.29) is 11.8 Å². The summed E-state index contributed by atoms with van der Waals surface area (Å²) in [4.78, 5) is 23.8. The van der Waals surface area contributed by atoms with E-state index in [0.717, 1.165) is 48.0 Å². The van der Waals surface area contributed by atoms with E-state index in [2.05, 4.69) is 20.2 Å². The second-order valence-electron chi connectivity index (χ2n) is 6.59. The van der Waals surface area contributed by atoms with Crippen molar-refractivity contribution in [1.82, 2.24) is 9.97 Å². The van der Waals surface area contributed by atoms with Crippen molar-refractivity contribution in [3.63, 3.8) is 0 Å². The van der Waals surface area contributed by atoms with Crippen molar-refractivity contribution in [2.45, 2.75) is 33.6 Å². The zero-order valence-electron chi connectivity index (χ0n) is 14.5. The van der Waals surface area contributed by atoms with Gasteiger partial charge in [0, 0.05) is 30.2 Å². The van der Waals surface area contributed by atoms with E-state index in [4.69, 9.17) is 0 Å². The number of piperidine rings is 1. The second-order valence-corrected chi connectivity index (χ2v) is 6.59. The molecule has 1 amide bonds. The van der Waals surface area contributed by atoms with Gasteiger partial charge >= 0.3 is 0 Å². The first kappa shape index (κ1) is 16.4. The Morgan fingerprint density at radius 1 is 1.17 bits per heavy atom. The molecule has 5 heteroatoms. The lowest BCUT2D eigenvalue weighted by Crippen LogP contribution is -2.41. The highest BCUT2D eigenvalue weighted by molar-refractivity contribution is 5.93. The summed E-state index contributed by atoms with van der Waals surface area (Å²) in [6, 6.07) is 9.87. The summed E-state index contributed by atoms with van der Waals surface area (Å²) in [5.41, 5.74) is 3.93. The second kappa shape index (κ2) is 6.99. The van der Waals surface area contributed by atoms with E-state index in [0.29, 0.717) is 6.54 Å². The Morgan fingerprint density at radius 3 is 2.62 bits per heavy atom. The lowest BCUT2D eigenvalue weighted by molar-refractivity contribution is -0.120. The summed E-state index contributed by atoms with van der Waals surface area (Å²) < 4.78 is 0. The fourth-order valence-corrected chi connectivity index (χ4v) is 3.19. The molecule has 24 heavy (non-hydrogen) atoms. The van der Waals surface area contributed by atoms with Crippen LogP contribution in [0.4, 0.5) is 11.6 Å². The lowest BCUT2D eigenvalue weighted by atomic mass is 9.97. The van der Waals surface area contributed by atoms with Crippen molar-refractivity contribution >= 4 is 17.5 Å². The number of hydrogen-bond donors (Lipinski definition) is 1. The standard InChI is InChI=1S/C19H24N4O/c1-13-6-4-8-17(10-13)22-18(24)16-7-5-9-23(12-16)19-20-14(2)11-15(3)21-19/h4,6,8,10-11,16H,5,7,9,12H2,1-3H3,(H,22,24)/t16-/m1/s1. The predicted octanol–water partition coefficient (Wildman–Crippen LogP) is 3.26. The molecule has 1 aliphatic heterocycles. The van der Waals surface area contributed by atoms with Crippen molar-refractivity contribution in [2.24, 2.45) is 5.92 Å². The van der Waals surface area contributed by atoms with Gasteiger partial charge in [0.25, 0.3) is 0 Å². The molecular weight excluding hydrogens is 300 g/mol. The summed E-state index contributed by atoms with van der Waals surface area (Å²) in [5.74, 6) is 0.777. The third-order valence-electron chi connectivity index (χ3n) is 4.33. The summed E-state index contributed by atoms with van der Waals surface area (Å²) >= 11 is 0. The maximum absolute atomic E-state index is 12.6. The van der Waals surface area contributed by atoms with Gasteiger partial charge < -0.3 is 10.2 Å². The molecule has 0 saturated carbocycles. The number of nitrogens with zero attached hydrogens (tertiary/aromatic N) is 3. The zero-order valence-corrected chi connectivity index (χ0v) is 14.5. The Kier molecular flexibility index (Phi) is 4.79. The highest BCUT2D eigenvalue weighted by Gasteiger charge is 2.27. The van der Waals surface area contributed by atoms with Crippen molar-refractivity contribution in [1.29, 1.82) is 0 Å². The topological polar surface area (TPSA) is 58.1 Å². The van der Waals surface area contributed by atoms with Crippen LogP contribution in [-0.4, -0.2) is 29.0 Å². The van der Waals surface area contributed by atoms with Gasteiger partial charge in [0.05, 0.1) is 5.92 Å². The van der Waals surface area contributed by atoms with Gasteiger partial charge in [-0.2, -0.15) is 0 Å². The van der Waals surface area contributed by atoms with Crippen LogP contribution in [0.3, 0.4) is 0 Å². The summed E-state index contributed by atoms with van der Waals surface area (Å²) in [6.07, 6.45) is 1.88. The maximum Gasteiger partial charge on any atom is 0.229 e.